The highest BCUT2D eigenvalue weighted by atomic mass is 19.1. The van der Waals surface area contributed by atoms with Gasteiger partial charge in [0.25, 0.3) is 0 Å². The van der Waals surface area contributed by atoms with Crippen LogP contribution in [0.5, 0.6) is 5.75 Å². The minimum atomic E-state index is -0.470. The van der Waals surface area contributed by atoms with Crippen LogP contribution in [0, 0.1) is 11.7 Å². The molecule has 0 aromatic heterocycles. The molecule has 0 aliphatic carbocycles. The topological polar surface area (TPSA) is 67.9 Å². The van der Waals surface area contributed by atoms with Gasteiger partial charge in [-0.15, -0.1) is 0 Å². The average Bonchev–Trinajstić information content (AvgIpc) is 2.68. The summed E-state index contributed by atoms with van der Waals surface area (Å²) in [6.45, 7) is 4.99. The number of methoxy groups -OCH3 is 1. The van der Waals surface area contributed by atoms with Crippen LogP contribution >= 0.6 is 0 Å². The zero-order valence-electron chi connectivity index (χ0n) is 16.1. The standard InChI is InChI=1S/C20H29FN2O4/c1-3-27-12-4-9-22-20(25)16-7-10-23(11-8-16)19(24)14-15-5-6-18(26-2)17(21)13-15/h5-6,13,16H,3-4,7-12,14H2,1-2H3,(H,22,25). The normalized spacial score (nSPS) is 14.9. The molecule has 1 heterocycles. The lowest BCUT2D eigenvalue weighted by Gasteiger charge is -2.31. The van der Waals surface area contributed by atoms with Crippen molar-refractivity contribution >= 4 is 11.8 Å². The summed E-state index contributed by atoms with van der Waals surface area (Å²) >= 11 is 0. The third-order valence-corrected chi connectivity index (χ3v) is 4.76. The average molecular weight is 380 g/mol. The Morgan fingerprint density at radius 1 is 1.30 bits per heavy atom. The van der Waals surface area contributed by atoms with Gasteiger partial charge in [-0.25, -0.2) is 4.39 Å². The number of ether oxygens (including phenoxy) is 2. The van der Waals surface area contributed by atoms with Gasteiger partial charge in [0, 0.05) is 38.8 Å². The van der Waals surface area contributed by atoms with Crippen molar-refractivity contribution < 1.29 is 23.5 Å². The number of hydrogen-bond acceptors (Lipinski definition) is 4. The van der Waals surface area contributed by atoms with E-state index in [2.05, 4.69) is 5.32 Å². The maximum Gasteiger partial charge on any atom is 0.226 e. The van der Waals surface area contributed by atoms with Gasteiger partial charge in [-0.3, -0.25) is 9.59 Å². The van der Waals surface area contributed by atoms with Gasteiger partial charge in [-0.1, -0.05) is 6.07 Å². The molecular weight excluding hydrogens is 351 g/mol. The third kappa shape index (κ3) is 6.50. The van der Waals surface area contributed by atoms with Crippen molar-refractivity contribution in [3.05, 3.63) is 29.6 Å². The second-order valence-electron chi connectivity index (χ2n) is 6.64. The number of piperidine rings is 1. The Morgan fingerprint density at radius 3 is 2.67 bits per heavy atom. The predicted molar refractivity (Wildman–Crippen MR) is 100 cm³/mol. The maximum atomic E-state index is 13.8. The van der Waals surface area contributed by atoms with Crippen molar-refractivity contribution in [3.8, 4) is 5.75 Å². The molecule has 1 saturated heterocycles. The summed E-state index contributed by atoms with van der Waals surface area (Å²) in [5, 5.41) is 2.94. The first kappa shape index (κ1) is 21.2. The van der Waals surface area contributed by atoms with E-state index in [0.717, 1.165) is 6.42 Å². The van der Waals surface area contributed by atoms with Crippen LogP contribution < -0.4 is 10.1 Å². The number of carbonyl (C=O) groups is 2. The van der Waals surface area contributed by atoms with Crippen molar-refractivity contribution in [1.29, 1.82) is 0 Å². The first-order valence-corrected chi connectivity index (χ1v) is 9.50. The third-order valence-electron chi connectivity index (χ3n) is 4.76. The first-order chi connectivity index (χ1) is 13.0. The quantitative estimate of drug-likeness (QED) is 0.667. The molecule has 150 valence electrons. The van der Waals surface area contributed by atoms with Crippen molar-refractivity contribution in [2.75, 3.05) is 40.0 Å². The molecule has 0 unspecified atom stereocenters. The minimum Gasteiger partial charge on any atom is -0.494 e. The molecule has 0 spiro atoms. The number of benzene rings is 1. The number of rotatable bonds is 9. The summed E-state index contributed by atoms with van der Waals surface area (Å²) in [7, 11) is 1.41. The summed E-state index contributed by atoms with van der Waals surface area (Å²) < 4.78 is 23.9. The van der Waals surface area contributed by atoms with Gasteiger partial charge < -0.3 is 19.7 Å². The van der Waals surface area contributed by atoms with Crippen LogP contribution in [-0.2, 0) is 20.7 Å². The zero-order chi connectivity index (χ0) is 19.6. The van der Waals surface area contributed by atoms with E-state index in [4.69, 9.17) is 9.47 Å². The van der Waals surface area contributed by atoms with E-state index in [0.29, 0.717) is 51.3 Å². The Kier molecular flexibility index (Phi) is 8.51. The van der Waals surface area contributed by atoms with Crippen molar-refractivity contribution in [1.82, 2.24) is 10.2 Å². The maximum absolute atomic E-state index is 13.8. The molecule has 0 bridgehead atoms. The molecule has 1 aromatic rings. The van der Waals surface area contributed by atoms with E-state index in [9.17, 15) is 14.0 Å². The second-order valence-corrected chi connectivity index (χ2v) is 6.64. The number of carbonyl (C=O) groups excluding carboxylic acids is 2. The highest BCUT2D eigenvalue weighted by molar-refractivity contribution is 5.81. The highest BCUT2D eigenvalue weighted by Gasteiger charge is 2.27. The number of amides is 2. The van der Waals surface area contributed by atoms with Gasteiger partial charge in [-0.05, 0) is 43.9 Å². The first-order valence-electron chi connectivity index (χ1n) is 9.50. The van der Waals surface area contributed by atoms with Crippen molar-refractivity contribution in [2.45, 2.75) is 32.6 Å². The lowest BCUT2D eigenvalue weighted by molar-refractivity contribution is -0.135. The Balaban J connectivity index is 1.73. The van der Waals surface area contributed by atoms with E-state index in [-0.39, 0.29) is 29.9 Å². The van der Waals surface area contributed by atoms with E-state index in [1.54, 1.807) is 11.0 Å². The molecule has 1 fully saturated rings. The van der Waals surface area contributed by atoms with Crippen molar-refractivity contribution in [3.63, 3.8) is 0 Å². The number of nitrogens with one attached hydrogen (secondary N) is 1. The van der Waals surface area contributed by atoms with Gasteiger partial charge >= 0.3 is 0 Å². The van der Waals surface area contributed by atoms with Crippen LogP contribution in [0.25, 0.3) is 0 Å². The smallest absolute Gasteiger partial charge is 0.226 e. The summed E-state index contributed by atoms with van der Waals surface area (Å²) in [5.41, 5.74) is 0.618. The molecule has 2 rings (SSSR count). The summed E-state index contributed by atoms with van der Waals surface area (Å²) in [5.74, 6) is -0.354. The summed E-state index contributed by atoms with van der Waals surface area (Å²) in [6, 6.07) is 4.56. The van der Waals surface area contributed by atoms with Gasteiger partial charge in [-0.2, -0.15) is 0 Å². The molecule has 2 amide bonds. The Labute approximate surface area is 160 Å². The van der Waals surface area contributed by atoms with E-state index in [1.807, 2.05) is 6.92 Å². The molecular formula is C20H29FN2O4. The number of halogens is 1. The van der Waals surface area contributed by atoms with Crippen LogP contribution in [0.4, 0.5) is 4.39 Å². The lowest BCUT2D eigenvalue weighted by atomic mass is 9.95. The minimum absolute atomic E-state index is 0.0462. The van der Waals surface area contributed by atoms with E-state index >= 15 is 0 Å². The molecule has 0 radical (unpaired) electrons. The zero-order valence-corrected chi connectivity index (χ0v) is 16.1. The van der Waals surface area contributed by atoms with E-state index < -0.39 is 5.82 Å². The molecule has 27 heavy (non-hydrogen) atoms. The highest BCUT2D eigenvalue weighted by Crippen LogP contribution is 2.21. The SMILES string of the molecule is CCOCCCNC(=O)C1CCN(C(=O)Cc2ccc(OC)c(F)c2)CC1. The molecule has 1 aliphatic rings. The summed E-state index contributed by atoms with van der Waals surface area (Å²) in [4.78, 5) is 26.4. The van der Waals surface area contributed by atoms with Crippen molar-refractivity contribution in [2.24, 2.45) is 5.92 Å². The van der Waals surface area contributed by atoms with E-state index in [1.165, 1.54) is 19.2 Å². The Bertz CT molecular complexity index is 630. The Morgan fingerprint density at radius 2 is 2.04 bits per heavy atom. The van der Waals surface area contributed by atoms with Gasteiger partial charge in [0.05, 0.1) is 13.5 Å². The predicted octanol–water partition coefficient (Wildman–Crippen LogP) is 2.16. The van der Waals surface area contributed by atoms with Gasteiger partial charge in [0.1, 0.15) is 0 Å². The molecule has 1 aliphatic heterocycles. The van der Waals surface area contributed by atoms with Crippen LogP contribution in [0.1, 0.15) is 31.7 Å². The molecule has 1 N–H and O–H groups in total. The van der Waals surface area contributed by atoms with Gasteiger partial charge in [0.2, 0.25) is 11.8 Å². The fourth-order valence-corrected chi connectivity index (χ4v) is 3.17. The molecule has 6 nitrogen and oxygen atoms in total. The molecule has 1 aromatic carbocycles. The van der Waals surface area contributed by atoms with Crippen LogP contribution in [0.15, 0.2) is 18.2 Å². The largest absolute Gasteiger partial charge is 0.494 e. The fraction of sp³-hybridized carbons (Fsp3) is 0.600. The molecule has 0 atom stereocenters. The second kappa shape index (κ2) is 10.9. The number of likely N-dealkylation sites (tertiary alicyclic amines) is 1. The Hall–Kier alpha value is -2.15. The van der Waals surface area contributed by atoms with Crippen LogP contribution in [-0.4, -0.2) is 56.7 Å². The monoisotopic (exact) mass is 380 g/mol. The number of hydrogen-bond donors (Lipinski definition) is 1. The van der Waals surface area contributed by atoms with Crippen LogP contribution in [0.3, 0.4) is 0 Å². The fourth-order valence-electron chi connectivity index (χ4n) is 3.17. The lowest BCUT2D eigenvalue weighted by Crippen LogP contribution is -2.43. The number of nitrogens with zero attached hydrogens (tertiary/aromatic N) is 1. The summed E-state index contributed by atoms with van der Waals surface area (Å²) in [6.07, 6.45) is 2.25. The van der Waals surface area contributed by atoms with Gasteiger partial charge in [0.15, 0.2) is 11.6 Å². The molecule has 7 heteroatoms. The molecule has 0 saturated carbocycles. The van der Waals surface area contributed by atoms with Crippen LogP contribution in [0.2, 0.25) is 0 Å².